The summed E-state index contributed by atoms with van der Waals surface area (Å²) in [6.07, 6.45) is 6.43. The van der Waals surface area contributed by atoms with Gasteiger partial charge >= 0.3 is 0 Å². The van der Waals surface area contributed by atoms with Crippen molar-refractivity contribution in [3.8, 4) is 16.9 Å². The number of aryl methyl sites for hydroxylation is 1. The van der Waals surface area contributed by atoms with Gasteiger partial charge in [0.2, 0.25) is 0 Å². The van der Waals surface area contributed by atoms with E-state index >= 15 is 0 Å². The fraction of sp³-hybridized carbons (Fsp3) is 0.389. The molecule has 110 valence electrons. The molecule has 0 radical (unpaired) electrons. The molecule has 0 saturated carbocycles. The van der Waals surface area contributed by atoms with Crippen molar-refractivity contribution >= 4 is 0 Å². The third-order valence-corrected chi connectivity index (χ3v) is 3.92. The first kappa shape index (κ1) is 14.1. The first-order valence-electron chi connectivity index (χ1n) is 7.68. The number of ether oxygens (including phenoxy) is 1. The summed E-state index contributed by atoms with van der Waals surface area (Å²) in [4.78, 5) is 6.72. The number of rotatable bonds is 5. The lowest BCUT2D eigenvalue weighted by Gasteiger charge is -2.15. The lowest BCUT2D eigenvalue weighted by Crippen LogP contribution is -2.25. The molecule has 0 N–H and O–H groups in total. The molecule has 1 aliphatic rings. The Morgan fingerprint density at radius 1 is 1.10 bits per heavy atom. The molecule has 0 spiro atoms. The second-order valence-corrected chi connectivity index (χ2v) is 5.68. The fourth-order valence-corrected chi connectivity index (χ4v) is 2.78. The van der Waals surface area contributed by atoms with Crippen molar-refractivity contribution in [3.63, 3.8) is 0 Å². The highest BCUT2D eigenvalue weighted by molar-refractivity contribution is 5.64. The third-order valence-electron chi connectivity index (χ3n) is 3.92. The number of hydrogen-bond donors (Lipinski definition) is 0. The van der Waals surface area contributed by atoms with E-state index in [1.54, 1.807) is 0 Å². The molecule has 0 atom stereocenters. The van der Waals surface area contributed by atoms with Crippen LogP contribution in [0.3, 0.4) is 0 Å². The van der Waals surface area contributed by atoms with Crippen molar-refractivity contribution in [3.05, 3.63) is 48.3 Å². The van der Waals surface area contributed by atoms with Crippen LogP contribution in [0.1, 0.15) is 18.4 Å². The minimum atomic E-state index is 0.759. The summed E-state index contributed by atoms with van der Waals surface area (Å²) in [5.41, 5.74) is 3.47. The van der Waals surface area contributed by atoms with Gasteiger partial charge in [-0.05, 0) is 62.2 Å². The molecule has 1 fully saturated rings. The molecule has 3 rings (SSSR count). The molecule has 1 aliphatic heterocycles. The Bertz CT molecular complexity index is 591. The number of pyridine rings is 1. The van der Waals surface area contributed by atoms with Gasteiger partial charge in [0.05, 0.1) is 0 Å². The van der Waals surface area contributed by atoms with E-state index in [-0.39, 0.29) is 0 Å². The minimum absolute atomic E-state index is 0.759. The Morgan fingerprint density at radius 3 is 2.76 bits per heavy atom. The van der Waals surface area contributed by atoms with Crippen LogP contribution < -0.4 is 4.74 Å². The van der Waals surface area contributed by atoms with Crippen LogP contribution in [0, 0.1) is 6.92 Å². The van der Waals surface area contributed by atoms with Gasteiger partial charge < -0.3 is 4.74 Å². The highest BCUT2D eigenvalue weighted by Crippen LogP contribution is 2.23. The normalized spacial score (nSPS) is 15.3. The molecule has 1 saturated heterocycles. The third kappa shape index (κ3) is 3.82. The molecule has 2 aromatic rings. The predicted octanol–water partition coefficient (Wildman–Crippen LogP) is 3.53. The number of nitrogens with zero attached hydrogens (tertiary/aromatic N) is 2. The summed E-state index contributed by atoms with van der Waals surface area (Å²) in [7, 11) is 0. The van der Waals surface area contributed by atoms with E-state index in [1.165, 1.54) is 31.5 Å². The number of benzene rings is 1. The lowest BCUT2D eigenvalue weighted by molar-refractivity contribution is 0.238. The van der Waals surface area contributed by atoms with Gasteiger partial charge in [0.15, 0.2) is 0 Å². The maximum absolute atomic E-state index is 5.90. The first-order valence-corrected chi connectivity index (χ1v) is 7.68. The highest BCUT2D eigenvalue weighted by Gasteiger charge is 2.10. The van der Waals surface area contributed by atoms with Crippen LogP contribution in [0.4, 0.5) is 0 Å². The van der Waals surface area contributed by atoms with Crippen molar-refractivity contribution in [1.82, 2.24) is 9.88 Å². The minimum Gasteiger partial charge on any atom is -0.492 e. The van der Waals surface area contributed by atoms with E-state index in [4.69, 9.17) is 4.74 Å². The highest BCUT2D eigenvalue weighted by atomic mass is 16.5. The summed E-state index contributed by atoms with van der Waals surface area (Å²) in [5.74, 6) is 0.938. The summed E-state index contributed by atoms with van der Waals surface area (Å²) < 4.78 is 5.90. The maximum Gasteiger partial charge on any atom is 0.119 e. The van der Waals surface area contributed by atoms with Crippen molar-refractivity contribution < 1.29 is 4.74 Å². The van der Waals surface area contributed by atoms with E-state index in [1.807, 2.05) is 24.5 Å². The lowest BCUT2D eigenvalue weighted by atomic mass is 10.1. The van der Waals surface area contributed by atoms with Crippen molar-refractivity contribution in [2.45, 2.75) is 19.8 Å². The first-order chi connectivity index (χ1) is 10.3. The van der Waals surface area contributed by atoms with Crippen LogP contribution in [0.15, 0.2) is 42.7 Å². The van der Waals surface area contributed by atoms with Crippen LogP contribution in [-0.4, -0.2) is 36.1 Å². The van der Waals surface area contributed by atoms with Gasteiger partial charge in [0.1, 0.15) is 12.4 Å². The van der Waals surface area contributed by atoms with Crippen molar-refractivity contribution in [1.29, 1.82) is 0 Å². The molecule has 3 nitrogen and oxygen atoms in total. The SMILES string of the molecule is Cc1cncc(-c2cccc(OCCN3CCCC3)c2)c1. The Labute approximate surface area is 126 Å². The molecule has 1 aromatic heterocycles. The van der Waals surface area contributed by atoms with E-state index in [0.717, 1.165) is 30.0 Å². The summed E-state index contributed by atoms with van der Waals surface area (Å²) in [6.45, 7) is 6.29. The second kappa shape index (κ2) is 6.72. The smallest absolute Gasteiger partial charge is 0.119 e. The van der Waals surface area contributed by atoms with Crippen molar-refractivity contribution in [2.75, 3.05) is 26.2 Å². The summed E-state index contributed by atoms with van der Waals surface area (Å²) in [5, 5.41) is 0. The van der Waals surface area contributed by atoms with E-state index in [2.05, 4.69) is 35.0 Å². The van der Waals surface area contributed by atoms with Gasteiger partial charge in [-0.15, -0.1) is 0 Å². The average molecular weight is 282 g/mol. The van der Waals surface area contributed by atoms with Gasteiger partial charge in [0.25, 0.3) is 0 Å². The molecule has 0 amide bonds. The molecule has 21 heavy (non-hydrogen) atoms. The molecule has 0 unspecified atom stereocenters. The molecular weight excluding hydrogens is 260 g/mol. The number of likely N-dealkylation sites (tertiary alicyclic amines) is 1. The van der Waals surface area contributed by atoms with Crippen LogP contribution in [0.25, 0.3) is 11.1 Å². The van der Waals surface area contributed by atoms with Gasteiger partial charge in [-0.1, -0.05) is 12.1 Å². The van der Waals surface area contributed by atoms with Gasteiger partial charge in [0, 0.05) is 24.5 Å². The molecule has 1 aromatic carbocycles. The number of aromatic nitrogens is 1. The van der Waals surface area contributed by atoms with Crippen LogP contribution in [0.2, 0.25) is 0 Å². The van der Waals surface area contributed by atoms with Crippen molar-refractivity contribution in [2.24, 2.45) is 0 Å². The van der Waals surface area contributed by atoms with Gasteiger partial charge in [-0.3, -0.25) is 9.88 Å². The van der Waals surface area contributed by atoms with E-state index in [0.29, 0.717) is 0 Å². The molecular formula is C18H22N2O. The summed E-state index contributed by atoms with van der Waals surface area (Å²) in [6, 6.07) is 10.4. The fourth-order valence-electron chi connectivity index (χ4n) is 2.78. The van der Waals surface area contributed by atoms with E-state index < -0.39 is 0 Å². The summed E-state index contributed by atoms with van der Waals surface area (Å²) >= 11 is 0. The average Bonchev–Trinajstić information content (AvgIpc) is 3.01. The quantitative estimate of drug-likeness (QED) is 0.839. The zero-order chi connectivity index (χ0) is 14.5. The topological polar surface area (TPSA) is 25.4 Å². The Morgan fingerprint density at radius 2 is 1.95 bits per heavy atom. The standard InChI is InChI=1S/C18H22N2O/c1-15-11-17(14-19-13-15)16-5-4-6-18(12-16)21-10-9-20-7-2-3-8-20/h4-6,11-14H,2-3,7-10H2,1H3. The predicted molar refractivity (Wildman–Crippen MR) is 85.6 cm³/mol. The monoisotopic (exact) mass is 282 g/mol. The largest absolute Gasteiger partial charge is 0.492 e. The Balaban J connectivity index is 1.62. The second-order valence-electron chi connectivity index (χ2n) is 5.68. The van der Waals surface area contributed by atoms with Crippen LogP contribution in [0.5, 0.6) is 5.75 Å². The zero-order valence-corrected chi connectivity index (χ0v) is 12.6. The maximum atomic E-state index is 5.90. The zero-order valence-electron chi connectivity index (χ0n) is 12.6. The Hall–Kier alpha value is -1.87. The number of hydrogen-bond acceptors (Lipinski definition) is 3. The van der Waals surface area contributed by atoms with Gasteiger partial charge in [-0.2, -0.15) is 0 Å². The molecule has 2 heterocycles. The molecule has 3 heteroatoms. The molecule has 0 aliphatic carbocycles. The van der Waals surface area contributed by atoms with Gasteiger partial charge in [-0.25, -0.2) is 0 Å². The van der Waals surface area contributed by atoms with E-state index in [9.17, 15) is 0 Å². The van der Waals surface area contributed by atoms with Crippen LogP contribution in [-0.2, 0) is 0 Å². The molecule has 0 bridgehead atoms. The Kier molecular flexibility index (Phi) is 4.51. The van der Waals surface area contributed by atoms with Crippen LogP contribution >= 0.6 is 0 Å².